The van der Waals surface area contributed by atoms with Gasteiger partial charge in [-0.3, -0.25) is 9.59 Å². The summed E-state index contributed by atoms with van der Waals surface area (Å²) in [7, 11) is 0. The molecule has 0 radical (unpaired) electrons. The van der Waals surface area contributed by atoms with E-state index in [4.69, 9.17) is 80.5 Å². The number of carbonyl (C=O) groups excluding carboxylic acids is 2. The third-order valence-electron chi connectivity index (χ3n) is 19.4. The predicted octanol–water partition coefficient (Wildman–Crippen LogP) is -18.6. The maximum Gasteiger partial charge on any atom is 0.217 e. The molecule has 0 spiro atoms. The van der Waals surface area contributed by atoms with Gasteiger partial charge >= 0.3 is 0 Å². The zero-order valence-corrected chi connectivity index (χ0v) is 55.7. The quantitative estimate of drug-likeness (QED) is 0.0382. The van der Waals surface area contributed by atoms with E-state index in [1.54, 1.807) is 0 Å². The molecular weight excluding hydrogens is 1430 g/mol. The van der Waals surface area contributed by atoms with Crippen LogP contribution in [0.2, 0.25) is 0 Å². The Morgan fingerprint density at radius 2 is 0.625 bits per heavy atom. The van der Waals surface area contributed by atoms with E-state index in [2.05, 4.69) is 10.6 Å². The number of carbonyl (C=O) groups is 2. The second kappa shape index (κ2) is 37.1. The van der Waals surface area contributed by atoms with Crippen LogP contribution in [-0.2, 0) is 90.1 Å². The first-order valence-electron chi connectivity index (χ1n) is 33.4. The Bertz CT molecular complexity index is 2660. The van der Waals surface area contributed by atoms with E-state index in [1.165, 1.54) is 6.92 Å². The lowest BCUT2D eigenvalue weighted by atomic mass is 9.94. The van der Waals surface area contributed by atoms with Gasteiger partial charge in [0, 0.05) is 13.8 Å². The maximum absolute atomic E-state index is 12.9. The van der Waals surface area contributed by atoms with Gasteiger partial charge in [0.25, 0.3) is 0 Å². The van der Waals surface area contributed by atoms with Crippen molar-refractivity contribution in [1.82, 2.24) is 10.6 Å². The molecule has 27 N–H and O–H groups in total. The normalized spacial score (nSPS) is 51.2. The summed E-state index contributed by atoms with van der Waals surface area (Å²) >= 11 is 0. The lowest BCUT2D eigenvalue weighted by Crippen LogP contribution is -2.70. The number of aliphatic hydroxyl groups is 25. The number of rotatable bonds is 26. The van der Waals surface area contributed by atoms with Gasteiger partial charge in [-0.15, -0.1) is 0 Å². The molecule has 46 nitrogen and oxygen atoms in total. The fraction of sp³-hybridized carbons (Fsp3) is 0.966. The molecule has 9 heterocycles. The van der Waals surface area contributed by atoms with Gasteiger partial charge in [0.2, 0.25) is 11.8 Å². The Balaban J connectivity index is 1.03. The Kier molecular flexibility index (Phi) is 30.4. The standard InChI is InChI=1S/C58H98N2O44/c1-13-26(69)35(78)39(82)53(91-13)104-50-38(81)30(73)19(6-63)95-58(50)90-12-23-32(75)48(102-55-41(84)37(80)29(72)18(5-62)93-55)42(85)52(97-23)89-11-24-33(76)49(103-56-43(86)47(31(74)20(7-64)94-56)101-54-40(83)36(79)28(71)17(4-61)92-54)44(87)57(98-24)100-46-22(9-66)96-51(25(34(46)77)60-15(3)68)99-45-21(8-65)88-10-16(27(45)70)59-14(2)67/h13,16-58,61-66,69-87H,4-12H2,1-3H3,(H,59,67)(H,60,68)/t13-,16+,17-,18-,19-,20-,21-,22-,23-,24-,25-,26-,27-,28-,29-,30-,31-,32-,33-,34-,35+,36+,37+,38+,39+,40+,41+,42+,43+,44+,45-,46-,47+,48+,49+,50+,51+,52+,53-,54-,55-,56-,57+,58+/m1/s1. The summed E-state index contributed by atoms with van der Waals surface area (Å²) in [5, 5.41) is 280. The topological polar surface area (TPSA) is 721 Å². The minimum absolute atomic E-state index is 0.328. The van der Waals surface area contributed by atoms with E-state index in [-0.39, 0.29) is 6.61 Å². The molecule has 604 valence electrons. The van der Waals surface area contributed by atoms with Crippen LogP contribution >= 0.6 is 0 Å². The lowest BCUT2D eigenvalue weighted by Gasteiger charge is -2.50. The number of nitrogens with one attached hydrogen (secondary N) is 2. The molecule has 0 saturated carbocycles. The second-order valence-corrected chi connectivity index (χ2v) is 26.6. The molecule has 9 aliphatic heterocycles. The molecule has 44 atom stereocenters. The van der Waals surface area contributed by atoms with Crippen molar-refractivity contribution in [2.45, 2.75) is 291 Å². The number of hydrogen-bond acceptors (Lipinski definition) is 44. The molecule has 9 aliphatic rings. The Labute approximate surface area is 589 Å². The van der Waals surface area contributed by atoms with Crippen LogP contribution in [0, 0.1) is 0 Å². The van der Waals surface area contributed by atoms with Crippen LogP contribution in [0.3, 0.4) is 0 Å². The van der Waals surface area contributed by atoms with E-state index < -0.39 is 335 Å². The molecule has 9 rings (SSSR count). The highest BCUT2D eigenvalue weighted by Crippen LogP contribution is 2.39. The smallest absolute Gasteiger partial charge is 0.217 e. The van der Waals surface area contributed by atoms with E-state index in [1.807, 2.05) is 0 Å². The minimum atomic E-state index is -2.48. The summed E-state index contributed by atoms with van der Waals surface area (Å²) in [6.07, 6.45) is -84.7. The Hall–Kier alpha value is -2.74. The summed E-state index contributed by atoms with van der Waals surface area (Å²) in [6.45, 7) is -5.23. The number of hydrogen-bond donors (Lipinski definition) is 27. The summed E-state index contributed by atoms with van der Waals surface area (Å²) in [5.74, 6) is -1.50. The highest BCUT2D eigenvalue weighted by molar-refractivity contribution is 5.73. The fourth-order valence-corrected chi connectivity index (χ4v) is 13.4. The molecule has 0 aromatic heterocycles. The van der Waals surface area contributed by atoms with Crippen LogP contribution in [0.15, 0.2) is 0 Å². The molecule has 2 amide bonds. The molecule has 0 aliphatic carbocycles. The largest absolute Gasteiger partial charge is 0.394 e. The molecule has 0 bridgehead atoms. The Morgan fingerprint density at radius 3 is 1.09 bits per heavy atom. The van der Waals surface area contributed by atoms with Gasteiger partial charge in [0.05, 0.1) is 71.6 Å². The first-order chi connectivity index (χ1) is 49.2. The minimum Gasteiger partial charge on any atom is -0.394 e. The van der Waals surface area contributed by atoms with Crippen molar-refractivity contribution < 1.29 is 218 Å². The summed E-state index contributed by atoms with van der Waals surface area (Å²) in [6, 6.07) is -2.98. The van der Waals surface area contributed by atoms with Crippen LogP contribution < -0.4 is 10.6 Å². The van der Waals surface area contributed by atoms with Crippen LogP contribution in [0.5, 0.6) is 0 Å². The lowest BCUT2D eigenvalue weighted by molar-refractivity contribution is -0.394. The number of ether oxygens (including phenoxy) is 17. The average Bonchev–Trinajstić information content (AvgIpc) is 0.770. The molecule has 0 aromatic rings. The summed E-state index contributed by atoms with van der Waals surface area (Å²) < 4.78 is 99.1. The van der Waals surface area contributed by atoms with Crippen molar-refractivity contribution in [3.8, 4) is 0 Å². The maximum atomic E-state index is 12.9. The fourth-order valence-electron chi connectivity index (χ4n) is 13.4. The van der Waals surface area contributed by atoms with Crippen molar-refractivity contribution in [1.29, 1.82) is 0 Å². The summed E-state index contributed by atoms with van der Waals surface area (Å²) in [5.41, 5.74) is 0. The average molecular weight is 1530 g/mol. The third kappa shape index (κ3) is 18.4. The van der Waals surface area contributed by atoms with Crippen molar-refractivity contribution in [3.05, 3.63) is 0 Å². The molecule has 9 fully saturated rings. The molecule has 9 saturated heterocycles. The number of aliphatic hydroxyl groups excluding tert-OH is 25. The van der Waals surface area contributed by atoms with E-state index in [0.29, 0.717) is 0 Å². The van der Waals surface area contributed by atoms with Gasteiger partial charge in [-0.2, -0.15) is 0 Å². The molecule has 46 heteroatoms. The SMILES string of the molecule is CC(=O)N[C@H]1[C@H](O[C@H]2[C@H](O)[C@@H](NC(C)=O)CO[C@@H]2CO)O[C@H](CO)[C@@H](O[C@@H]2O[C@H](CO[C@H]3O[C@H](CO[C@H]4O[C@H](CO)[C@@H](O)[C@H](O)[C@@H]4O[C@H]4O[C@H](C)[C@@H](O)[C@H](O)[C@@H]4O)[C@@H](O)[C@H](O[C@H]4O[C@H](CO)[C@@H](O)[C@H](O)[C@@H]4O)[C@@H]3O)[C@@H](O)[C@H](O[C@H]3O[C@H](CO)[C@@H](O)[C@H](O[C@H]4O[C@H](CO)[C@@H](O)[C@H](O)[C@@H]4O)[C@@H]3O)[C@@H]2O)[C@@H]1O. The monoisotopic (exact) mass is 1530 g/mol. The van der Waals surface area contributed by atoms with Crippen molar-refractivity contribution in [2.24, 2.45) is 0 Å². The second-order valence-electron chi connectivity index (χ2n) is 26.6. The van der Waals surface area contributed by atoms with Crippen LogP contribution in [0.1, 0.15) is 20.8 Å². The van der Waals surface area contributed by atoms with Crippen molar-refractivity contribution >= 4 is 11.8 Å². The highest BCUT2D eigenvalue weighted by Gasteiger charge is 2.60. The predicted molar refractivity (Wildman–Crippen MR) is 318 cm³/mol. The van der Waals surface area contributed by atoms with Crippen LogP contribution in [0.4, 0.5) is 0 Å². The van der Waals surface area contributed by atoms with Crippen molar-refractivity contribution in [3.63, 3.8) is 0 Å². The summed E-state index contributed by atoms with van der Waals surface area (Å²) in [4.78, 5) is 24.9. The van der Waals surface area contributed by atoms with Gasteiger partial charge in [0.1, 0.15) is 207 Å². The van der Waals surface area contributed by atoms with E-state index in [0.717, 1.165) is 13.8 Å². The van der Waals surface area contributed by atoms with Gasteiger partial charge < -0.3 is 219 Å². The highest BCUT2D eigenvalue weighted by atomic mass is 16.8. The molecular formula is C58H98N2O44. The van der Waals surface area contributed by atoms with Crippen molar-refractivity contribution in [2.75, 3.05) is 59.5 Å². The molecule has 104 heavy (non-hydrogen) atoms. The van der Waals surface area contributed by atoms with Gasteiger partial charge in [-0.05, 0) is 6.92 Å². The zero-order chi connectivity index (χ0) is 76.4. The number of amides is 2. The molecule has 0 aromatic carbocycles. The van der Waals surface area contributed by atoms with E-state index in [9.17, 15) is 137 Å². The van der Waals surface area contributed by atoms with Gasteiger partial charge in [-0.25, -0.2) is 0 Å². The third-order valence-corrected chi connectivity index (χ3v) is 19.4. The van der Waals surface area contributed by atoms with Gasteiger partial charge in [-0.1, -0.05) is 0 Å². The van der Waals surface area contributed by atoms with Gasteiger partial charge in [0.15, 0.2) is 50.3 Å². The van der Waals surface area contributed by atoms with Crippen LogP contribution in [-0.4, -0.2) is 469 Å². The van der Waals surface area contributed by atoms with Crippen LogP contribution in [0.25, 0.3) is 0 Å². The Morgan fingerprint density at radius 1 is 0.298 bits per heavy atom. The first kappa shape index (κ1) is 85.3. The van der Waals surface area contributed by atoms with E-state index >= 15 is 0 Å². The first-order valence-corrected chi connectivity index (χ1v) is 33.4. The zero-order valence-electron chi connectivity index (χ0n) is 55.7. The molecule has 0 unspecified atom stereocenters.